The maximum absolute atomic E-state index is 13.0. The van der Waals surface area contributed by atoms with Crippen LogP contribution in [0.1, 0.15) is 36.6 Å². The lowest BCUT2D eigenvalue weighted by Gasteiger charge is -2.36. The number of piperazine rings is 1. The maximum atomic E-state index is 13.0. The molecule has 1 saturated heterocycles. The van der Waals surface area contributed by atoms with Crippen molar-refractivity contribution in [3.8, 4) is 11.5 Å². The van der Waals surface area contributed by atoms with Crippen molar-refractivity contribution in [2.24, 2.45) is 0 Å². The number of amides is 3. The van der Waals surface area contributed by atoms with E-state index in [1.807, 2.05) is 30.3 Å². The van der Waals surface area contributed by atoms with Gasteiger partial charge >= 0.3 is 5.97 Å². The van der Waals surface area contributed by atoms with Gasteiger partial charge in [0.2, 0.25) is 0 Å². The molecule has 5 rings (SSSR count). The van der Waals surface area contributed by atoms with Crippen molar-refractivity contribution in [1.82, 2.24) is 9.80 Å². The Morgan fingerprint density at radius 2 is 1.43 bits per heavy atom. The zero-order chi connectivity index (χ0) is 28.2. The number of imide groups is 1. The number of esters is 1. The summed E-state index contributed by atoms with van der Waals surface area (Å²) in [4.78, 5) is 56.6. The van der Waals surface area contributed by atoms with Crippen LogP contribution in [0.3, 0.4) is 0 Å². The normalized spacial score (nSPS) is 14.7. The molecule has 0 spiro atoms. The van der Waals surface area contributed by atoms with Gasteiger partial charge in [-0.3, -0.25) is 19.3 Å². The quantitative estimate of drug-likeness (QED) is 0.315. The number of hydrogen-bond donors (Lipinski definition) is 0. The van der Waals surface area contributed by atoms with Gasteiger partial charge in [0.25, 0.3) is 17.7 Å². The molecule has 0 aromatic heterocycles. The Hall–Kier alpha value is -4.86. The molecule has 0 saturated carbocycles. The van der Waals surface area contributed by atoms with Gasteiger partial charge in [0.1, 0.15) is 0 Å². The summed E-state index contributed by atoms with van der Waals surface area (Å²) in [5.41, 5.74) is 2.22. The van der Waals surface area contributed by atoms with Crippen LogP contribution in [0.25, 0.3) is 0 Å². The number of methoxy groups -OCH3 is 2. The molecule has 0 aliphatic carbocycles. The third-order valence-electron chi connectivity index (χ3n) is 7.08. The van der Waals surface area contributed by atoms with Crippen LogP contribution in [-0.2, 0) is 16.1 Å². The molecule has 0 atom stereocenters. The minimum atomic E-state index is -0.735. The summed E-state index contributed by atoms with van der Waals surface area (Å²) in [6, 6.07) is 19.5. The zero-order valence-corrected chi connectivity index (χ0v) is 22.3. The predicted octanol–water partition coefficient (Wildman–Crippen LogP) is 3.01. The molecule has 0 radical (unpaired) electrons. The van der Waals surface area contributed by atoms with Gasteiger partial charge in [-0.25, -0.2) is 4.79 Å². The predicted molar refractivity (Wildman–Crippen MR) is 146 cm³/mol. The van der Waals surface area contributed by atoms with E-state index < -0.39 is 24.4 Å². The molecule has 10 nitrogen and oxygen atoms in total. The fraction of sp³-hybridized carbons (Fsp3) is 0.267. The molecule has 3 amide bonds. The number of rotatable bonds is 8. The molecule has 2 aliphatic heterocycles. The van der Waals surface area contributed by atoms with Crippen molar-refractivity contribution in [2.45, 2.75) is 6.54 Å². The lowest BCUT2D eigenvalue weighted by molar-refractivity contribution is -0.134. The van der Waals surface area contributed by atoms with E-state index in [-0.39, 0.29) is 29.5 Å². The van der Waals surface area contributed by atoms with Gasteiger partial charge in [-0.15, -0.1) is 0 Å². The summed E-state index contributed by atoms with van der Waals surface area (Å²) in [5, 5.41) is 0. The van der Waals surface area contributed by atoms with E-state index >= 15 is 0 Å². The number of anilines is 1. The molecule has 0 bridgehead atoms. The smallest absolute Gasteiger partial charge is 0.338 e. The fourth-order valence-electron chi connectivity index (χ4n) is 4.99. The average molecular weight is 544 g/mol. The van der Waals surface area contributed by atoms with E-state index in [1.54, 1.807) is 29.2 Å². The van der Waals surface area contributed by atoms with Crippen molar-refractivity contribution >= 4 is 29.4 Å². The second-order valence-corrected chi connectivity index (χ2v) is 9.39. The van der Waals surface area contributed by atoms with Crippen molar-refractivity contribution in [1.29, 1.82) is 0 Å². The number of ether oxygens (including phenoxy) is 3. The highest BCUT2D eigenvalue weighted by atomic mass is 16.5. The molecular weight excluding hydrogens is 514 g/mol. The summed E-state index contributed by atoms with van der Waals surface area (Å²) in [6.45, 7) is 1.85. The highest BCUT2D eigenvalue weighted by Gasteiger charge is 2.36. The Morgan fingerprint density at radius 3 is 2.02 bits per heavy atom. The van der Waals surface area contributed by atoms with Gasteiger partial charge in [0.05, 0.1) is 37.5 Å². The standard InChI is InChI=1S/C30H29N3O7/c1-38-25-17-20(16-21(27(25)39-2)18-33-28(35)23-10-6-7-11-24(23)29(33)36)30(37)40-19-26(34)32-14-12-31(13-15-32)22-8-4-3-5-9-22/h3-11,16-17H,12-15,18-19H2,1-2H3. The van der Waals surface area contributed by atoms with Gasteiger partial charge < -0.3 is 24.0 Å². The minimum Gasteiger partial charge on any atom is -0.493 e. The Labute approximate surface area is 231 Å². The Balaban J connectivity index is 1.25. The SMILES string of the molecule is COc1cc(C(=O)OCC(=O)N2CCN(c3ccccc3)CC2)cc(CN2C(=O)c3ccccc3C2=O)c1OC. The molecule has 206 valence electrons. The summed E-state index contributed by atoms with van der Waals surface area (Å²) in [6.07, 6.45) is 0. The summed E-state index contributed by atoms with van der Waals surface area (Å²) >= 11 is 0. The van der Waals surface area contributed by atoms with E-state index in [0.717, 1.165) is 10.6 Å². The fourth-order valence-corrected chi connectivity index (χ4v) is 4.99. The van der Waals surface area contributed by atoms with Crippen LogP contribution in [-0.4, -0.2) is 80.5 Å². The van der Waals surface area contributed by atoms with E-state index in [2.05, 4.69) is 4.90 Å². The molecule has 2 heterocycles. The minimum absolute atomic E-state index is 0.103. The number of hydrogen-bond acceptors (Lipinski definition) is 8. The van der Waals surface area contributed by atoms with Crippen LogP contribution in [0.15, 0.2) is 66.7 Å². The number of carbonyl (C=O) groups is 4. The van der Waals surface area contributed by atoms with Crippen LogP contribution < -0.4 is 14.4 Å². The lowest BCUT2D eigenvalue weighted by Crippen LogP contribution is -2.49. The van der Waals surface area contributed by atoms with Gasteiger partial charge in [0.15, 0.2) is 18.1 Å². The summed E-state index contributed by atoms with van der Waals surface area (Å²) in [5.74, 6) is -1.39. The van der Waals surface area contributed by atoms with Crippen molar-refractivity contribution in [2.75, 3.05) is 51.9 Å². The molecule has 0 N–H and O–H groups in total. The number of fused-ring (bicyclic) bond motifs is 1. The first-order chi connectivity index (χ1) is 19.4. The molecular formula is C30H29N3O7. The van der Waals surface area contributed by atoms with Gasteiger partial charge in [-0.1, -0.05) is 30.3 Å². The first-order valence-corrected chi connectivity index (χ1v) is 12.9. The van der Waals surface area contributed by atoms with E-state index in [0.29, 0.717) is 42.9 Å². The first kappa shape index (κ1) is 26.7. The van der Waals surface area contributed by atoms with Gasteiger partial charge in [-0.05, 0) is 36.4 Å². The van der Waals surface area contributed by atoms with Crippen LogP contribution >= 0.6 is 0 Å². The Kier molecular flexibility index (Phi) is 7.68. The summed E-state index contributed by atoms with van der Waals surface area (Å²) < 4.78 is 16.3. The summed E-state index contributed by atoms with van der Waals surface area (Å²) in [7, 11) is 2.84. The average Bonchev–Trinajstić information content (AvgIpc) is 3.24. The second-order valence-electron chi connectivity index (χ2n) is 9.39. The number of benzene rings is 3. The molecule has 3 aromatic carbocycles. The second kappa shape index (κ2) is 11.5. The molecule has 1 fully saturated rings. The Bertz CT molecular complexity index is 1410. The van der Waals surface area contributed by atoms with Crippen LogP contribution in [0.5, 0.6) is 11.5 Å². The van der Waals surface area contributed by atoms with Crippen LogP contribution in [0.2, 0.25) is 0 Å². The number of para-hydroxylation sites is 1. The van der Waals surface area contributed by atoms with Crippen LogP contribution in [0, 0.1) is 0 Å². The number of carbonyl (C=O) groups excluding carboxylic acids is 4. The van der Waals surface area contributed by atoms with Crippen molar-refractivity contribution in [3.05, 3.63) is 89.0 Å². The van der Waals surface area contributed by atoms with E-state index in [9.17, 15) is 19.2 Å². The van der Waals surface area contributed by atoms with Gasteiger partial charge in [0, 0.05) is 37.4 Å². The van der Waals surface area contributed by atoms with Gasteiger partial charge in [-0.2, -0.15) is 0 Å². The van der Waals surface area contributed by atoms with Crippen molar-refractivity contribution < 1.29 is 33.4 Å². The lowest BCUT2D eigenvalue weighted by atomic mass is 10.1. The molecule has 10 heteroatoms. The molecule has 2 aliphatic rings. The third-order valence-corrected chi connectivity index (χ3v) is 7.08. The monoisotopic (exact) mass is 543 g/mol. The van der Waals surface area contributed by atoms with Crippen molar-refractivity contribution in [3.63, 3.8) is 0 Å². The molecule has 3 aromatic rings. The zero-order valence-electron chi connectivity index (χ0n) is 22.3. The largest absolute Gasteiger partial charge is 0.493 e. The molecule has 40 heavy (non-hydrogen) atoms. The first-order valence-electron chi connectivity index (χ1n) is 12.9. The number of nitrogens with zero attached hydrogens (tertiary/aromatic N) is 3. The molecule has 0 unspecified atom stereocenters. The highest BCUT2D eigenvalue weighted by Crippen LogP contribution is 2.35. The highest BCUT2D eigenvalue weighted by molar-refractivity contribution is 6.21. The van der Waals surface area contributed by atoms with Crippen LogP contribution in [0.4, 0.5) is 5.69 Å². The van der Waals surface area contributed by atoms with E-state index in [4.69, 9.17) is 14.2 Å². The maximum Gasteiger partial charge on any atom is 0.338 e. The third kappa shape index (κ3) is 5.20. The topological polar surface area (TPSA) is 106 Å². The Morgan fingerprint density at radius 1 is 0.800 bits per heavy atom. The van der Waals surface area contributed by atoms with E-state index in [1.165, 1.54) is 26.4 Å².